The van der Waals surface area contributed by atoms with Crippen LogP contribution in [0, 0.1) is 0 Å². The molecule has 0 heterocycles. The van der Waals surface area contributed by atoms with Gasteiger partial charge >= 0.3 is 0 Å². The highest BCUT2D eigenvalue weighted by Crippen LogP contribution is 2.22. The van der Waals surface area contributed by atoms with Crippen molar-refractivity contribution in [2.45, 2.75) is 39.5 Å². The highest BCUT2D eigenvalue weighted by molar-refractivity contribution is 6.11. The van der Waals surface area contributed by atoms with Gasteiger partial charge in [0.15, 0.2) is 0 Å². The molecule has 0 aliphatic rings. The molecule has 0 fully saturated rings. The van der Waals surface area contributed by atoms with Gasteiger partial charge in [0.2, 0.25) is 11.8 Å². The first kappa shape index (κ1) is 33.3. The molecule has 4 aromatic rings. The molecule has 0 radical (unpaired) electrons. The summed E-state index contributed by atoms with van der Waals surface area (Å²) in [5.74, 6) is 0.171. The third-order valence-corrected chi connectivity index (χ3v) is 6.80. The van der Waals surface area contributed by atoms with Gasteiger partial charge in [-0.1, -0.05) is 24.3 Å². The van der Waals surface area contributed by atoms with Gasteiger partial charge in [-0.25, -0.2) is 0 Å². The molecule has 10 nitrogen and oxygen atoms in total. The third-order valence-electron chi connectivity index (χ3n) is 6.80. The van der Waals surface area contributed by atoms with Crippen LogP contribution in [0.1, 0.15) is 60.2 Å². The minimum absolute atomic E-state index is 0.170. The van der Waals surface area contributed by atoms with Gasteiger partial charge in [0.05, 0.1) is 35.7 Å². The zero-order chi connectivity index (χ0) is 32.7. The second kappa shape index (κ2) is 17.0. The lowest BCUT2D eigenvalue weighted by Gasteiger charge is -2.13. The summed E-state index contributed by atoms with van der Waals surface area (Å²) in [7, 11) is 0. The molecular formula is C36H38N4O6. The van der Waals surface area contributed by atoms with Crippen molar-refractivity contribution in [1.82, 2.24) is 0 Å². The van der Waals surface area contributed by atoms with Crippen molar-refractivity contribution in [2.24, 2.45) is 0 Å². The van der Waals surface area contributed by atoms with E-state index in [2.05, 4.69) is 21.3 Å². The zero-order valence-electron chi connectivity index (χ0n) is 25.9. The SMILES string of the molecule is CCOc1ccc(NC(=O)c2ccccc2NC(=O)CCCCC(=O)Nc2ccccc2C(=O)Nc2ccc(OCC)cc2)cc1. The van der Waals surface area contributed by atoms with E-state index >= 15 is 0 Å². The summed E-state index contributed by atoms with van der Waals surface area (Å²) in [6.07, 6.45) is 1.26. The van der Waals surface area contributed by atoms with Crippen LogP contribution in [0.5, 0.6) is 11.5 Å². The van der Waals surface area contributed by atoms with E-state index in [4.69, 9.17) is 9.47 Å². The number of benzene rings is 4. The lowest BCUT2D eigenvalue weighted by Crippen LogP contribution is -2.19. The molecule has 0 bridgehead atoms. The molecular weight excluding hydrogens is 584 g/mol. The van der Waals surface area contributed by atoms with Crippen LogP contribution in [0.4, 0.5) is 22.7 Å². The van der Waals surface area contributed by atoms with Crippen LogP contribution >= 0.6 is 0 Å². The second-order valence-corrected chi connectivity index (χ2v) is 10.2. The van der Waals surface area contributed by atoms with Crippen molar-refractivity contribution in [3.8, 4) is 11.5 Å². The van der Waals surface area contributed by atoms with Crippen LogP contribution < -0.4 is 30.7 Å². The summed E-state index contributed by atoms with van der Waals surface area (Å²) in [6.45, 7) is 4.89. The molecule has 0 aromatic heterocycles. The number of hydrogen-bond donors (Lipinski definition) is 4. The molecule has 4 amide bonds. The average molecular weight is 623 g/mol. The highest BCUT2D eigenvalue weighted by Gasteiger charge is 2.15. The Morgan fingerprint density at radius 2 is 0.870 bits per heavy atom. The standard InChI is InChI=1S/C36H38N4O6/c1-3-45-27-21-17-25(18-22-27)37-35(43)29-11-5-7-13-31(29)39-33(41)15-9-10-16-34(42)40-32-14-8-6-12-30(32)36(44)38-26-19-23-28(24-20-26)46-4-2/h5-8,11-14,17-24H,3-4,9-10,15-16H2,1-2H3,(H,37,43)(H,38,44)(H,39,41)(H,40,42). The van der Waals surface area contributed by atoms with E-state index in [1.807, 2.05) is 13.8 Å². The van der Waals surface area contributed by atoms with Crippen LogP contribution in [0.15, 0.2) is 97.1 Å². The molecule has 46 heavy (non-hydrogen) atoms. The summed E-state index contributed by atoms with van der Waals surface area (Å²) in [5.41, 5.74) is 2.65. The van der Waals surface area contributed by atoms with E-state index in [-0.39, 0.29) is 36.5 Å². The van der Waals surface area contributed by atoms with Gasteiger partial charge in [0, 0.05) is 24.2 Å². The molecule has 0 saturated heterocycles. The monoisotopic (exact) mass is 622 g/mol. The van der Waals surface area contributed by atoms with Gasteiger partial charge in [-0.15, -0.1) is 0 Å². The highest BCUT2D eigenvalue weighted by atomic mass is 16.5. The quantitative estimate of drug-likeness (QED) is 0.104. The Bertz CT molecular complexity index is 1510. The Labute approximate surface area is 268 Å². The molecule has 4 rings (SSSR count). The number of amides is 4. The minimum Gasteiger partial charge on any atom is -0.494 e. The topological polar surface area (TPSA) is 135 Å². The first-order valence-corrected chi connectivity index (χ1v) is 15.2. The number of carbonyl (C=O) groups is 4. The van der Waals surface area contributed by atoms with E-state index in [1.165, 1.54) is 0 Å². The number of ether oxygens (including phenoxy) is 2. The normalized spacial score (nSPS) is 10.4. The number of para-hydroxylation sites is 2. The summed E-state index contributed by atoms with van der Waals surface area (Å²) in [4.78, 5) is 51.3. The van der Waals surface area contributed by atoms with E-state index in [0.29, 0.717) is 71.4 Å². The van der Waals surface area contributed by atoms with Crippen LogP contribution in [0.3, 0.4) is 0 Å². The number of nitrogens with one attached hydrogen (secondary N) is 4. The van der Waals surface area contributed by atoms with Gasteiger partial charge < -0.3 is 30.7 Å². The van der Waals surface area contributed by atoms with Crippen molar-refractivity contribution in [3.05, 3.63) is 108 Å². The molecule has 0 spiro atoms. The Morgan fingerprint density at radius 1 is 0.500 bits per heavy atom. The van der Waals surface area contributed by atoms with Crippen molar-refractivity contribution in [1.29, 1.82) is 0 Å². The zero-order valence-corrected chi connectivity index (χ0v) is 25.9. The number of anilines is 4. The molecule has 0 unspecified atom stereocenters. The average Bonchev–Trinajstić information content (AvgIpc) is 3.05. The first-order chi connectivity index (χ1) is 22.4. The van der Waals surface area contributed by atoms with Crippen molar-refractivity contribution in [2.75, 3.05) is 34.5 Å². The molecule has 0 aliphatic carbocycles. The maximum Gasteiger partial charge on any atom is 0.257 e. The fraction of sp³-hybridized carbons (Fsp3) is 0.222. The molecule has 238 valence electrons. The molecule has 0 saturated carbocycles. The van der Waals surface area contributed by atoms with Crippen molar-refractivity contribution in [3.63, 3.8) is 0 Å². The summed E-state index contributed by atoms with van der Waals surface area (Å²) in [5, 5.41) is 11.3. The molecule has 0 aliphatic heterocycles. The number of rotatable bonds is 15. The molecule has 10 heteroatoms. The van der Waals surface area contributed by atoms with Crippen LogP contribution in [0.2, 0.25) is 0 Å². The number of unbranched alkanes of at least 4 members (excludes halogenated alkanes) is 1. The molecule has 4 N–H and O–H groups in total. The summed E-state index contributed by atoms with van der Waals surface area (Å²) in [6, 6.07) is 27.6. The van der Waals surface area contributed by atoms with Gasteiger partial charge in [0.1, 0.15) is 11.5 Å². The smallest absolute Gasteiger partial charge is 0.257 e. The van der Waals surface area contributed by atoms with Gasteiger partial charge in [-0.3, -0.25) is 19.2 Å². The fourth-order valence-corrected chi connectivity index (χ4v) is 4.58. The van der Waals surface area contributed by atoms with Crippen molar-refractivity contribution >= 4 is 46.4 Å². The minimum atomic E-state index is -0.356. The lowest BCUT2D eigenvalue weighted by atomic mass is 10.1. The van der Waals surface area contributed by atoms with Crippen LogP contribution in [-0.2, 0) is 9.59 Å². The summed E-state index contributed by atoms with van der Waals surface area (Å²) < 4.78 is 10.9. The first-order valence-electron chi connectivity index (χ1n) is 15.2. The van der Waals surface area contributed by atoms with E-state index in [9.17, 15) is 19.2 Å². The van der Waals surface area contributed by atoms with Crippen molar-refractivity contribution < 1.29 is 28.7 Å². The second-order valence-electron chi connectivity index (χ2n) is 10.2. The third kappa shape index (κ3) is 9.95. The maximum absolute atomic E-state index is 12.9. The predicted octanol–water partition coefficient (Wildman–Crippen LogP) is 7.13. The van der Waals surface area contributed by atoms with Crippen LogP contribution in [-0.4, -0.2) is 36.8 Å². The summed E-state index contributed by atoms with van der Waals surface area (Å²) >= 11 is 0. The van der Waals surface area contributed by atoms with Gasteiger partial charge in [-0.2, -0.15) is 0 Å². The predicted molar refractivity (Wildman–Crippen MR) is 180 cm³/mol. The largest absolute Gasteiger partial charge is 0.494 e. The van der Waals surface area contributed by atoms with E-state index in [1.54, 1.807) is 97.1 Å². The van der Waals surface area contributed by atoms with Gasteiger partial charge in [0.25, 0.3) is 11.8 Å². The molecule has 4 aromatic carbocycles. The number of carbonyl (C=O) groups excluding carboxylic acids is 4. The lowest BCUT2D eigenvalue weighted by molar-refractivity contribution is -0.118. The number of hydrogen-bond acceptors (Lipinski definition) is 6. The fourth-order valence-electron chi connectivity index (χ4n) is 4.58. The Balaban J connectivity index is 1.23. The Kier molecular flexibility index (Phi) is 12.3. The Morgan fingerprint density at radius 3 is 1.24 bits per heavy atom. The van der Waals surface area contributed by atoms with E-state index < -0.39 is 0 Å². The maximum atomic E-state index is 12.9. The van der Waals surface area contributed by atoms with Gasteiger partial charge in [-0.05, 0) is 99.5 Å². The van der Waals surface area contributed by atoms with E-state index in [0.717, 1.165) is 0 Å². The Hall–Kier alpha value is -5.64. The molecule has 0 atom stereocenters. The van der Waals surface area contributed by atoms with Crippen LogP contribution in [0.25, 0.3) is 0 Å².